The van der Waals surface area contributed by atoms with E-state index >= 15 is 0 Å². The summed E-state index contributed by atoms with van der Waals surface area (Å²) >= 11 is 0. The lowest BCUT2D eigenvalue weighted by Gasteiger charge is -2.32. The van der Waals surface area contributed by atoms with Gasteiger partial charge >= 0.3 is 6.03 Å². The monoisotopic (exact) mass is 384 g/mol. The average molecular weight is 385 g/mol. The largest absolute Gasteiger partial charge is 0.361 e. The summed E-state index contributed by atoms with van der Waals surface area (Å²) in [6.07, 6.45) is 5.80. The van der Waals surface area contributed by atoms with Gasteiger partial charge in [-0.25, -0.2) is 4.79 Å². The van der Waals surface area contributed by atoms with Crippen LogP contribution in [0, 0.1) is 0 Å². The summed E-state index contributed by atoms with van der Waals surface area (Å²) < 4.78 is 0. The molecule has 0 unspecified atom stereocenters. The van der Waals surface area contributed by atoms with Crippen molar-refractivity contribution in [2.75, 3.05) is 26.2 Å². The minimum Gasteiger partial charge on any atom is -0.361 e. The highest BCUT2D eigenvalue weighted by Crippen LogP contribution is 2.22. The van der Waals surface area contributed by atoms with Gasteiger partial charge in [0.25, 0.3) is 0 Å². The van der Waals surface area contributed by atoms with Gasteiger partial charge in [0.1, 0.15) is 0 Å². The molecule has 1 saturated heterocycles. The molecule has 7 nitrogen and oxygen atoms in total. The number of H-pyrrole nitrogens is 1. The summed E-state index contributed by atoms with van der Waals surface area (Å²) in [5.74, 6) is 0.842. The van der Waals surface area contributed by atoms with Crippen molar-refractivity contribution in [1.82, 2.24) is 20.5 Å². The molecule has 5 N–H and O–H groups in total. The second kappa shape index (κ2) is 9.48. The lowest BCUT2D eigenvalue weighted by atomic mass is 10.1. The zero-order valence-corrected chi connectivity index (χ0v) is 16.9. The third-order valence-electron chi connectivity index (χ3n) is 5.41. The van der Waals surface area contributed by atoms with Crippen LogP contribution in [-0.2, 0) is 12.8 Å². The van der Waals surface area contributed by atoms with Crippen LogP contribution in [-0.4, -0.2) is 54.1 Å². The van der Waals surface area contributed by atoms with Gasteiger partial charge in [0, 0.05) is 49.3 Å². The van der Waals surface area contributed by atoms with Crippen LogP contribution in [0.5, 0.6) is 0 Å². The molecule has 0 saturated carbocycles. The molecule has 152 valence electrons. The van der Waals surface area contributed by atoms with E-state index in [9.17, 15) is 4.79 Å². The zero-order chi connectivity index (χ0) is 19.9. The van der Waals surface area contributed by atoms with Crippen molar-refractivity contribution < 1.29 is 4.79 Å². The van der Waals surface area contributed by atoms with Crippen LogP contribution in [0.3, 0.4) is 0 Å². The Labute approximate surface area is 166 Å². The number of benzene rings is 1. The predicted molar refractivity (Wildman–Crippen MR) is 115 cm³/mol. The number of hydrogen-bond acceptors (Lipinski definition) is 2. The van der Waals surface area contributed by atoms with Crippen molar-refractivity contribution in [2.24, 2.45) is 10.7 Å². The normalized spacial score (nSPS) is 15.8. The summed E-state index contributed by atoms with van der Waals surface area (Å²) in [5, 5.41) is 8.13. The summed E-state index contributed by atoms with van der Waals surface area (Å²) in [6, 6.07) is 6.47. The molecular weight excluding hydrogens is 352 g/mol. The summed E-state index contributed by atoms with van der Waals surface area (Å²) in [5.41, 5.74) is 9.26. The van der Waals surface area contributed by atoms with Crippen molar-refractivity contribution in [3.05, 3.63) is 35.5 Å². The first-order valence-electron chi connectivity index (χ1n) is 10.3. The first-order chi connectivity index (χ1) is 13.6. The number of urea groups is 1. The van der Waals surface area contributed by atoms with Crippen molar-refractivity contribution >= 4 is 22.9 Å². The maximum atomic E-state index is 11.3. The van der Waals surface area contributed by atoms with Crippen LogP contribution in [0.15, 0.2) is 29.4 Å². The number of aliphatic imine (C=N–C) groups is 1. The molecule has 0 radical (unpaired) electrons. The highest BCUT2D eigenvalue weighted by Gasteiger charge is 2.21. The lowest BCUT2D eigenvalue weighted by Crippen LogP contribution is -2.50. The van der Waals surface area contributed by atoms with Crippen LogP contribution in [0.25, 0.3) is 10.9 Å². The molecule has 1 aliphatic rings. The molecule has 28 heavy (non-hydrogen) atoms. The molecule has 0 aliphatic carbocycles. The first-order valence-corrected chi connectivity index (χ1v) is 10.3. The highest BCUT2D eigenvalue weighted by atomic mass is 16.2. The van der Waals surface area contributed by atoms with Crippen molar-refractivity contribution in [3.63, 3.8) is 0 Å². The number of nitrogens with two attached hydrogens (primary N) is 1. The number of piperidine rings is 1. The topological polar surface area (TPSA) is 98.5 Å². The van der Waals surface area contributed by atoms with E-state index in [2.05, 4.69) is 53.9 Å². The Hall–Kier alpha value is -2.70. The molecular formula is C21H32N6O. The number of likely N-dealkylation sites (tertiary alicyclic amines) is 1. The zero-order valence-electron chi connectivity index (χ0n) is 16.9. The number of aromatic amines is 1. The van der Waals surface area contributed by atoms with Crippen molar-refractivity contribution in [2.45, 2.75) is 45.6 Å². The second-order valence-electron chi connectivity index (χ2n) is 7.26. The lowest BCUT2D eigenvalue weighted by molar-refractivity contribution is 0.188. The van der Waals surface area contributed by atoms with E-state index in [0.29, 0.717) is 19.1 Å². The van der Waals surface area contributed by atoms with E-state index in [1.807, 2.05) is 0 Å². The van der Waals surface area contributed by atoms with Gasteiger partial charge in [-0.05, 0) is 43.7 Å². The minimum atomic E-state index is -0.330. The van der Waals surface area contributed by atoms with E-state index < -0.39 is 0 Å². The molecule has 1 aromatic carbocycles. The van der Waals surface area contributed by atoms with Crippen molar-refractivity contribution in [3.8, 4) is 0 Å². The summed E-state index contributed by atoms with van der Waals surface area (Å²) in [7, 11) is 0. The number of amides is 2. The van der Waals surface area contributed by atoms with Crippen LogP contribution in [0.1, 0.15) is 37.8 Å². The highest BCUT2D eigenvalue weighted by molar-refractivity contribution is 5.86. The molecule has 1 aliphatic heterocycles. The van der Waals surface area contributed by atoms with Crippen LogP contribution >= 0.6 is 0 Å². The molecule has 2 aromatic rings. The number of aryl methyl sites for hydroxylation is 1. The van der Waals surface area contributed by atoms with Gasteiger partial charge < -0.3 is 26.3 Å². The third kappa shape index (κ3) is 4.77. The van der Waals surface area contributed by atoms with E-state index in [-0.39, 0.29) is 6.03 Å². The molecule has 2 amide bonds. The fraction of sp³-hybridized carbons (Fsp3) is 0.524. The van der Waals surface area contributed by atoms with Crippen LogP contribution in [0.4, 0.5) is 4.79 Å². The van der Waals surface area contributed by atoms with Gasteiger partial charge in [0.2, 0.25) is 0 Å². The van der Waals surface area contributed by atoms with Gasteiger partial charge in [0.05, 0.1) is 0 Å². The summed E-state index contributed by atoms with van der Waals surface area (Å²) in [4.78, 5) is 21.1. The SMILES string of the molecule is CCNC(=NCCc1c[nH]c2c(CC)cccc12)NC1CCN(C(N)=O)CC1. The predicted octanol–water partition coefficient (Wildman–Crippen LogP) is 2.37. The second-order valence-corrected chi connectivity index (χ2v) is 7.26. The number of nitrogens with zero attached hydrogens (tertiary/aromatic N) is 2. The fourth-order valence-corrected chi connectivity index (χ4v) is 3.82. The Morgan fingerprint density at radius 1 is 1.29 bits per heavy atom. The quantitative estimate of drug-likeness (QED) is 0.454. The molecule has 7 heteroatoms. The van der Waals surface area contributed by atoms with Gasteiger partial charge in [-0.2, -0.15) is 0 Å². The fourth-order valence-electron chi connectivity index (χ4n) is 3.82. The molecule has 2 heterocycles. The number of fused-ring (bicyclic) bond motifs is 1. The molecule has 1 aromatic heterocycles. The maximum absolute atomic E-state index is 11.3. The van der Waals surface area contributed by atoms with Gasteiger partial charge in [-0.3, -0.25) is 4.99 Å². The number of carbonyl (C=O) groups excluding carboxylic acids is 1. The first kappa shape index (κ1) is 20.0. The number of rotatable bonds is 6. The molecule has 1 fully saturated rings. The Balaban J connectivity index is 1.59. The van der Waals surface area contributed by atoms with E-state index in [1.165, 1.54) is 22.0 Å². The van der Waals surface area contributed by atoms with E-state index in [0.717, 1.165) is 44.7 Å². The Morgan fingerprint density at radius 2 is 2.07 bits per heavy atom. The van der Waals surface area contributed by atoms with Crippen molar-refractivity contribution in [1.29, 1.82) is 0 Å². The maximum Gasteiger partial charge on any atom is 0.314 e. The number of guanidine groups is 1. The number of para-hydroxylation sites is 1. The Bertz CT molecular complexity index is 819. The number of nitrogens with one attached hydrogen (secondary N) is 3. The molecule has 0 spiro atoms. The number of aromatic nitrogens is 1. The van der Waals surface area contributed by atoms with Gasteiger partial charge in [0.15, 0.2) is 5.96 Å². The Morgan fingerprint density at radius 3 is 2.75 bits per heavy atom. The number of primary amides is 1. The van der Waals surface area contributed by atoms with Gasteiger partial charge in [-0.15, -0.1) is 0 Å². The molecule has 3 rings (SSSR count). The molecule has 0 bridgehead atoms. The smallest absolute Gasteiger partial charge is 0.314 e. The van der Waals surface area contributed by atoms with Gasteiger partial charge in [-0.1, -0.05) is 25.1 Å². The van der Waals surface area contributed by atoms with Crippen LogP contribution in [0.2, 0.25) is 0 Å². The Kier molecular flexibility index (Phi) is 6.79. The van der Waals surface area contributed by atoms with E-state index in [1.54, 1.807) is 4.90 Å². The molecule has 0 atom stereocenters. The standard InChI is InChI=1S/C21H32N6O/c1-3-15-6-5-7-18-16(14-25-19(15)18)8-11-24-21(23-4-2)26-17-9-12-27(13-10-17)20(22)28/h5-7,14,17,25H,3-4,8-13H2,1-2H3,(H2,22,28)(H2,23,24,26). The van der Waals surface area contributed by atoms with Crippen LogP contribution < -0.4 is 16.4 Å². The number of hydrogen-bond donors (Lipinski definition) is 4. The minimum absolute atomic E-state index is 0.314. The number of carbonyl (C=O) groups is 1. The third-order valence-corrected chi connectivity index (χ3v) is 5.41. The summed E-state index contributed by atoms with van der Waals surface area (Å²) in [6.45, 7) is 7.18. The average Bonchev–Trinajstić information content (AvgIpc) is 3.12. The van der Waals surface area contributed by atoms with E-state index in [4.69, 9.17) is 10.7 Å².